The predicted molar refractivity (Wildman–Crippen MR) is 116 cm³/mol. The second-order valence-electron chi connectivity index (χ2n) is 8.18. The summed E-state index contributed by atoms with van der Waals surface area (Å²) in [7, 11) is 2.09. The Balaban J connectivity index is 1.23. The van der Waals surface area contributed by atoms with Gasteiger partial charge in [-0.3, -0.25) is 4.79 Å². The van der Waals surface area contributed by atoms with Crippen molar-refractivity contribution in [2.24, 2.45) is 5.92 Å². The van der Waals surface area contributed by atoms with E-state index in [0.717, 1.165) is 62.5 Å². The molecule has 1 N–H and O–H groups in total. The van der Waals surface area contributed by atoms with Crippen molar-refractivity contribution in [3.8, 4) is 0 Å². The number of amides is 1. The van der Waals surface area contributed by atoms with Crippen LogP contribution in [0.1, 0.15) is 36.9 Å². The van der Waals surface area contributed by atoms with Crippen LogP contribution < -0.4 is 15.1 Å². The zero-order valence-corrected chi connectivity index (χ0v) is 17.3. The number of rotatable bonds is 7. The summed E-state index contributed by atoms with van der Waals surface area (Å²) < 4.78 is 0. The minimum absolute atomic E-state index is 0.0376. The quantitative estimate of drug-likeness (QED) is 0.733. The van der Waals surface area contributed by atoms with Gasteiger partial charge in [0, 0.05) is 56.7 Å². The number of para-hydroxylation sites is 1. The number of nitrogens with one attached hydrogen (secondary N) is 1. The van der Waals surface area contributed by atoms with Crippen LogP contribution in [0.2, 0.25) is 0 Å². The van der Waals surface area contributed by atoms with Crippen molar-refractivity contribution in [1.82, 2.24) is 15.3 Å². The van der Waals surface area contributed by atoms with Crippen molar-refractivity contribution < 1.29 is 4.79 Å². The number of hydrogen-bond donors (Lipinski definition) is 1. The van der Waals surface area contributed by atoms with Crippen LogP contribution in [0.4, 0.5) is 11.6 Å². The number of carbonyl (C=O) groups excluding carboxylic acids is 1. The third kappa shape index (κ3) is 4.86. The minimum Gasteiger partial charge on any atom is -0.375 e. The van der Waals surface area contributed by atoms with Crippen molar-refractivity contribution >= 4 is 17.5 Å². The number of aromatic nitrogens is 2. The van der Waals surface area contributed by atoms with Crippen molar-refractivity contribution in [3.63, 3.8) is 0 Å². The van der Waals surface area contributed by atoms with E-state index in [2.05, 4.69) is 39.3 Å². The Morgan fingerprint density at radius 3 is 2.83 bits per heavy atom. The van der Waals surface area contributed by atoms with Gasteiger partial charge in [-0.25, -0.2) is 9.97 Å². The van der Waals surface area contributed by atoms with Crippen molar-refractivity contribution in [1.29, 1.82) is 0 Å². The Morgan fingerprint density at radius 1 is 1.24 bits per heavy atom. The Hall–Kier alpha value is -2.63. The summed E-state index contributed by atoms with van der Waals surface area (Å²) in [5, 5.41) is 3.13. The zero-order chi connectivity index (χ0) is 20.1. The van der Waals surface area contributed by atoms with Gasteiger partial charge in [-0.05, 0) is 56.2 Å². The van der Waals surface area contributed by atoms with E-state index in [1.807, 2.05) is 24.4 Å². The van der Waals surface area contributed by atoms with E-state index in [0.29, 0.717) is 6.54 Å². The van der Waals surface area contributed by atoms with Gasteiger partial charge in [-0.1, -0.05) is 18.2 Å². The highest BCUT2D eigenvalue weighted by atomic mass is 16.1. The molecule has 1 amide bonds. The number of fused-ring (bicyclic) bond motifs is 1. The van der Waals surface area contributed by atoms with Crippen molar-refractivity contribution in [3.05, 3.63) is 47.8 Å². The molecule has 154 valence electrons. The van der Waals surface area contributed by atoms with Gasteiger partial charge in [-0.2, -0.15) is 0 Å². The van der Waals surface area contributed by atoms with Crippen LogP contribution in [0.15, 0.2) is 36.5 Å². The molecule has 1 aliphatic heterocycles. The Morgan fingerprint density at radius 2 is 2.03 bits per heavy atom. The summed E-state index contributed by atoms with van der Waals surface area (Å²) in [6.07, 6.45) is 7.83. The van der Waals surface area contributed by atoms with E-state index in [1.54, 1.807) is 0 Å². The summed E-state index contributed by atoms with van der Waals surface area (Å²) in [4.78, 5) is 26.5. The number of carbonyl (C=O) groups is 1. The lowest BCUT2D eigenvalue weighted by Crippen LogP contribution is -2.36. The fourth-order valence-corrected chi connectivity index (χ4v) is 4.27. The van der Waals surface area contributed by atoms with Gasteiger partial charge in [0.05, 0.1) is 0 Å². The third-order valence-electron chi connectivity index (χ3n) is 6.06. The molecule has 1 saturated heterocycles. The van der Waals surface area contributed by atoms with E-state index in [-0.39, 0.29) is 11.8 Å². The molecular formula is C23H31N5O. The number of anilines is 2. The molecule has 0 radical (unpaired) electrons. The molecule has 0 spiro atoms. The van der Waals surface area contributed by atoms with Crippen LogP contribution >= 0.6 is 0 Å². The molecule has 0 bridgehead atoms. The van der Waals surface area contributed by atoms with E-state index < -0.39 is 0 Å². The normalized spacial score (nSPS) is 18.4. The van der Waals surface area contributed by atoms with Gasteiger partial charge in [0.1, 0.15) is 0 Å². The second-order valence-corrected chi connectivity index (χ2v) is 8.18. The smallest absolute Gasteiger partial charge is 0.225 e. The molecule has 4 rings (SSSR count). The summed E-state index contributed by atoms with van der Waals surface area (Å²) in [5.74, 6) is 1.07. The summed E-state index contributed by atoms with van der Waals surface area (Å²) in [5.41, 5.74) is 3.48. The largest absolute Gasteiger partial charge is 0.375 e. The molecule has 1 aromatic carbocycles. The predicted octanol–water partition coefficient (Wildman–Crippen LogP) is 2.82. The molecule has 2 aliphatic rings. The van der Waals surface area contributed by atoms with Gasteiger partial charge >= 0.3 is 0 Å². The molecule has 2 aromatic rings. The van der Waals surface area contributed by atoms with Crippen LogP contribution in [0.25, 0.3) is 0 Å². The zero-order valence-electron chi connectivity index (χ0n) is 17.3. The van der Waals surface area contributed by atoms with Gasteiger partial charge < -0.3 is 15.1 Å². The van der Waals surface area contributed by atoms with Gasteiger partial charge in [0.15, 0.2) is 0 Å². The first-order valence-corrected chi connectivity index (χ1v) is 10.8. The average Bonchev–Trinajstić information content (AvgIpc) is 3.31. The fraction of sp³-hybridized carbons (Fsp3) is 0.522. The lowest BCUT2D eigenvalue weighted by molar-refractivity contribution is -0.125. The molecule has 0 saturated carbocycles. The van der Waals surface area contributed by atoms with Crippen molar-refractivity contribution in [2.45, 2.75) is 38.5 Å². The van der Waals surface area contributed by atoms with Crippen LogP contribution in [-0.2, 0) is 17.6 Å². The van der Waals surface area contributed by atoms with Crippen LogP contribution in [0.3, 0.4) is 0 Å². The fourth-order valence-electron chi connectivity index (χ4n) is 4.27. The minimum atomic E-state index is 0.0376. The molecule has 29 heavy (non-hydrogen) atoms. The molecule has 6 heteroatoms. The van der Waals surface area contributed by atoms with Crippen LogP contribution in [0.5, 0.6) is 0 Å². The number of hydrogen-bond acceptors (Lipinski definition) is 5. The first kappa shape index (κ1) is 19.7. The monoisotopic (exact) mass is 393 g/mol. The first-order valence-electron chi connectivity index (χ1n) is 10.8. The summed E-state index contributed by atoms with van der Waals surface area (Å²) in [6, 6.07) is 10.3. The van der Waals surface area contributed by atoms with Crippen molar-refractivity contribution in [2.75, 3.05) is 43.0 Å². The Labute approximate surface area is 173 Å². The summed E-state index contributed by atoms with van der Waals surface area (Å²) in [6.45, 7) is 3.75. The second kappa shape index (κ2) is 9.25. The van der Waals surface area contributed by atoms with Gasteiger partial charge in [0.2, 0.25) is 11.9 Å². The SMILES string of the molecule is CN(CCCNC(=O)[C@H]1CCc2nc(N3CCCC3)ncc2C1)c1ccccc1. The van der Waals surface area contributed by atoms with Gasteiger partial charge in [0.25, 0.3) is 0 Å². The van der Waals surface area contributed by atoms with Gasteiger partial charge in [-0.15, -0.1) is 0 Å². The number of aryl methyl sites for hydroxylation is 1. The number of nitrogens with zero attached hydrogens (tertiary/aromatic N) is 4. The molecule has 6 nitrogen and oxygen atoms in total. The highest BCUT2D eigenvalue weighted by Gasteiger charge is 2.26. The molecule has 2 heterocycles. The molecular weight excluding hydrogens is 362 g/mol. The molecule has 1 atom stereocenters. The molecule has 0 unspecified atom stereocenters. The highest BCUT2D eigenvalue weighted by molar-refractivity contribution is 5.79. The van der Waals surface area contributed by atoms with E-state index in [4.69, 9.17) is 4.98 Å². The lowest BCUT2D eigenvalue weighted by Gasteiger charge is -2.25. The molecule has 1 fully saturated rings. The first-order chi connectivity index (χ1) is 14.2. The maximum Gasteiger partial charge on any atom is 0.225 e. The highest BCUT2D eigenvalue weighted by Crippen LogP contribution is 2.26. The average molecular weight is 394 g/mol. The molecule has 1 aliphatic carbocycles. The Bertz CT molecular complexity index is 819. The van der Waals surface area contributed by atoms with E-state index >= 15 is 0 Å². The summed E-state index contributed by atoms with van der Waals surface area (Å²) >= 11 is 0. The topological polar surface area (TPSA) is 61.4 Å². The standard InChI is InChI=1S/C23H31N5O/c1-27(20-8-3-2-4-9-20)13-7-12-24-22(29)18-10-11-21-19(16-18)17-25-23(26-21)28-14-5-6-15-28/h2-4,8-9,17-18H,5-7,10-16H2,1H3,(H,24,29)/t18-/m0/s1. The maximum atomic E-state index is 12.6. The molecule has 1 aromatic heterocycles. The third-order valence-corrected chi connectivity index (χ3v) is 6.06. The Kier molecular flexibility index (Phi) is 6.27. The van der Waals surface area contributed by atoms with Crippen LogP contribution in [0, 0.1) is 5.92 Å². The lowest BCUT2D eigenvalue weighted by atomic mass is 9.86. The van der Waals surface area contributed by atoms with E-state index in [9.17, 15) is 4.79 Å². The maximum absolute atomic E-state index is 12.6. The van der Waals surface area contributed by atoms with Crippen LogP contribution in [-0.4, -0.2) is 49.1 Å². The number of benzene rings is 1. The van der Waals surface area contributed by atoms with E-state index in [1.165, 1.54) is 18.5 Å².